The minimum Gasteiger partial charge on any atom is -0.339 e. The number of carbonyl (C=O) groups excluding carboxylic acids is 2. The molecule has 0 aliphatic carbocycles. The van der Waals surface area contributed by atoms with Gasteiger partial charge in [-0.2, -0.15) is 0 Å². The van der Waals surface area contributed by atoms with Crippen LogP contribution in [0.3, 0.4) is 0 Å². The molecule has 0 spiro atoms. The van der Waals surface area contributed by atoms with Crippen molar-refractivity contribution in [1.82, 2.24) is 4.90 Å². The third-order valence-electron chi connectivity index (χ3n) is 5.22. The molecule has 0 bridgehead atoms. The minimum atomic E-state index is -4.25. The number of nitrogens with zero attached hydrogens (tertiary/aromatic N) is 2. The second-order valence-corrected chi connectivity index (χ2v) is 9.21. The molecule has 0 fully saturated rings. The van der Waals surface area contributed by atoms with Crippen molar-refractivity contribution in [2.24, 2.45) is 0 Å². The van der Waals surface area contributed by atoms with E-state index in [9.17, 15) is 22.4 Å². The Morgan fingerprint density at radius 2 is 1.44 bits per heavy atom. The SMILES string of the molecule is CCN(CC)C(=O)c1ccccc1NC(=O)CN(c1ccccc1F)S(=O)(=O)c1ccccc1. The number of benzene rings is 3. The molecule has 0 aromatic heterocycles. The Kier molecular flexibility index (Phi) is 8.01. The largest absolute Gasteiger partial charge is 0.339 e. The van der Waals surface area contributed by atoms with Gasteiger partial charge >= 0.3 is 0 Å². The Labute approximate surface area is 198 Å². The molecule has 0 aliphatic rings. The summed E-state index contributed by atoms with van der Waals surface area (Å²) >= 11 is 0. The van der Waals surface area contributed by atoms with Crippen LogP contribution in [0, 0.1) is 5.82 Å². The van der Waals surface area contributed by atoms with Gasteiger partial charge in [-0.3, -0.25) is 13.9 Å². The number of hydrogen-bond acceptors (Lipinski definition) is 4. The topological polar surface area (TPSA) is 86.8 Å². The molecular formula is C25H26FN3O4S. The lowest BCUT2D eigenvalue weighted by molar-refractivity contribution is -0.114. The van der Waals surface area contributed by atoms with Gasteiger partial charge in [-0.15, -0.1) is 0 Å². The number of amides is 2. The number of nitrogens with one attached hydrogen (secondary N) is 1. The summed E-state index contributed by atoms with van der Waals surface area (Å²) in [4.78, 5) is 27.4. The van der Waals surface area contributed by atoms with Gasteiger partial charge in [-0.1, -0.05) is 42.5 Å². The molecule has 7 nitrogen and oxygen atoms in total. The summed E-state index contributed by atoms with van der Waals surface area (Å²) in [5.41, 5.74) is 0.270. The molecule has 1 N–H and O–H groups in total. The van der Waals surface area contributed by atoms with Crippen molar-refractivity contribution < 1.29 is 22.4 Å². The number of hydrogen-bond donors (Lipinski definition) is 1. The van der Waals surface area contributed by atoms with E-state index in [-0.39, 0.29) is 27.7 Å². The van der Waals surface area contributed by atoms with Crippen molar-refractivity contribution in [3.8, 4) is 0 Å². The van der Waals surface area contributed by atoms with Crippen molar-refractivity contribution in [3.63, 3.8) is 0 Å². The molecule has 0 aliphatic heterocycles. The predicted octanol–water partition coefficient (Wildman–Crippen LogP) is 4.14. The highest BCUT2D eigenvalue weighted by Gasteiger charge is 2.29. The van der Waals surface area contributed by atoms with E-state index < -0.39 is 28.3 Å². The Balaban J connectivity index is 1.94. The molecule has 178 valence electrons. The molecule has 2 amide bonds. The summed E-state index contributed by atoms with van der Waals surface area (Å²) in [6.45, 7) is 4.00. The van der Waals surface area contributed by atoms with E-state index in [2.05, 4.69) is 5.32 Å². The first-order valence-electron chi connectivity index (χ1n) is 10.8. The van der Waals surface area contributed by atoms with Crippen molar-refractivity contribution in [1.29, 1.82) is 0 Å². The van der Waals surface area contributed by atoms with Gasteiger partial charge in [0.1, 0.15) is 12.4 Å². The molecule has 3 rings (SSSR count). The van der Waals surface area contributed by atoms with Crippen molar-refractivity contribution >= 4 is 33.2 Å². The molecule has 3 aromatic rings. The molecule has 3 aromatic carbocycles. The zero-order chi connectivity index (χ0) is 24.7. The van der Waals surface area contributed by atoms with Crippen LogP contribution >= 0.6 is 0 Å². The Hall–Kier alpha value is -3.72. The molecule has 9 heteroatoms. The van der Waals surface area contributed by atoms with E-state index in [1.165, 1.54) is 30.3 Å². The lowest BCUT2D eigenvalue weighted by Gasteiger charge is -2.25. The van der Waals surface area contributed by atoms with Crippen LogP contribution in [-0.4, -0.2) is 44.8 Å². The first kappa shape index (κ1) is 24.9. The fourth-order valence-corrected chi connectivity index (χ4v) is 4.90. The van der Waals surface area contributed by atoms with Gasteiger partial charge in [-0.05, 0) is 50.2 Å². The fourth-order valence-electron chi connectivity index (χ4n) is 3.45. The van der Waals surface area contributed by atoms with Crippen molar-refractivity contribution in [3.05, 3.63) is 90.2 Å². The van der Waals surface area contributed by atoms with Crippen LogP contribution in [0.15, 0.2) is 83.8 Å². The van der Waals surface area contributed by atoms with E-state index in [4.69, 9.17) is 0 Å². The Morgan fingerprint density at radius 3 is 2.09 bits per heavy atom. The highest BCUT2D eigenvalue weighted by molar-refractivity contribution is 7.92. The number of anilines is 2. The van der Waals surface area contributed by atoms with E-state index in [1.54, 1.807) is 47.4 Å². The minimum absolute atomic E-state index is 0.0804. The van der Waals surface area contributed by atoms with Gasteiger partial charge in [0.05, 0.1) is 21.8 Å². The van der Waals surface area contributed by atoms with Crippen LogP contribution in [0.5, 0.6) is 0 Å². The number of sulfonamides is 1. The van der Waals surface area contributed by atoms with Gasteiger partial charge in [0.2, 0.25) is 5.91 Å². The van der Waals surface area contributed by atoms with E-state index in [0.29, 0.717) is 13.1 Å². The maximum absolute atomic E-state index is 14.6. The van der Waals surface area contributed by atoms with Crippen molar-refractivity contribution in [2.45, 2.75) is 18.7 Å². The molecule has 0 unspecified atom stereocenters. The van der Waals surface area contributed by atoms with Crippen LogP contribution in [-0.2, 0) is 14.8 Å². The third-order valence-corrected chi connectivity index (χ3v) is 7.00. The van der Waals surface area contributed by atoms with Crippen LogP contribution in [0.25, 0.3) is 0 Å². The summed E-state index contributed by atoms with van der Waals surface area (Å²) in [6.07, 6.45) is 0. The number of para-hydroxylation sites is 2. The average Bonchev–Trinajstić information content (AvgIpc) is 2.84. The van der Waals surface area contributed by atoms with Gasteiger partial charge < -0.3 is 10.2 Å². The summed E-state index contributed by atoms with van der Waals surface area (Å²) in [5.74, 6) is -1.77. The second-order valence-electron chi connectivity index (χ2n) is 7.35. The third kappa shape index (κ3) is 5.43. The van der Waals surface area contributed by atoms with Gasteiger partial charge in [0, 0.05) is 13.1 Å². The lowest BCUT2D eigenvalue weighted by Crippen LogP contribution is -2.39. The standard InChI is InChI=1S/C25H26FN3O4S/c1-3-28(4-2)25(31)20-14-8-10-16-22(20)27-24(30)18-29(23-17-11-9-15-21(23)26)34(32,33)19-12-6-5-7-13-19/h5-17H,3-4,18H2,1-2H3,(H,27,30). The van der Waals surface area contributed by atoms with E-state index in [0.717, 1.165) is 10.4 Å². The molecular weight excluding hydrogens is 457 g/mol. The molecule has 0 radical (unpaired) electrons. The lowest BCUT2D eigenvalue weighted by atomic mass is 10.1. The van der Waals surface area contributed by atoms with Crippen LogP contribution in [0.2, 0.25) is 0 Å². The monoisotopic (exact) mass is 483 g/mol. The van der Waals surface area contributed by atoms with Crippen molar-refractivity contribution in [2.75, 3.05) is 29.3 Å². The molecule has 34 heavy (non-hydrogen) atoms. The normalized spacial score (nSPS) is 11.0. The summed E-state index contributed by atoms with van der Waals surface area (Å²) in [6, 6.07) is 19.3. The summed E-state index contributed by atoms with van der Waals surface area (Å²) in [7, 11) is -4.25. The molecule has 0 atom stereocenters. The summed E-state index contributed by atoms with van der Waals surface area (Å²) < 4.78 is 42.0. The van der Waals surface area contributed by atoms with Crippen LogP contribution < -0.4 is 9.62 Å². The van der Waals surface area contributed by atoms with Gasteiger partial charge in [0.15, 0.2) is 0 Å². The smallest absolute Gasteiger partial charge is 0.264 e. The predicted molar refractivity (Wildman–Crippen MR) is 130 cm³/mol. The van der Waals surface area contributed by atoms with Gasteiger partial charge in [-0.25, -0.2) is 12.8 Å². The highest BCUT2D eigenvalue weighted by Crippen LogP contribution is 2.26. The number of rotatable bonds is 9. The van der Waals surface area contributed by atoms with E-state index in [1.807, 2.05) is 13.8 Å². The Morgan fingerprint density at radius 1 is 0.853 bits per heavy atom. The van der Waals surface area contributed by atoms with Crippen LogP contribution in [0.1, 0.15) is 24.2 Å². The maximum atomic E-state index is 14.6. The van der Waals surface area contributed by atoms with Crippen LogP contribution in [0.4, 0.5) is 15.8 Å². The van der Waals surface area contributed by atoms with E-state index >= 15 is 0 Å². The zero-order valence-electron chi connectivity index (χ0n) is 18.9. The average molecular weight is 484 g/mol. The number of carbonyl (C=O) groups is 2. The quantitative estimate of drug-likeness (QED) is 0.496. The number of halogens is 1. The maximum Gasteiger partial charge on any atom is 0.264 e. The fraction of sp³-hybridized carbons (Fsp3) is 0.200. The zero-order valence-corrected chi connectivity index (χ0v) is 19.8. The second kappa shape index (κ2) is 10.9. The first-order valence-corrected chi connectivity index (χ1v) is 12.2. The first-order chi connectivity index (χ1) is 16.3. The highest BCUT2D eigenvalue weighted by atomic mass is 32.2. The van der Waals surface area contributed by atoms with Gasteiger partial charge in [0.25, 0.3) is 15.9 Å². The molecule has 0 saturated carbocycles. The molecule has 0 saturated heterocycles. The Bertz CT molecular complexity index is 1260. The summed E-state index contributed by atoms with van der Waals surface area (Å²) in [5, 5.41) is 2.62. The molecule has 0 heterocycles.